The van der Waals surface area contributed by atoms with E-state index in [2.05, 4.69) is 15.0 Å². The normalized spacial score (nSPS) is 15.8. The fourth-order valence-corrected chi connectivity index (χ4v) is 3.12. The number of benzene rings is 1. The van der Waals surface area contributed by atoms with Gasteiger partial charge in [-0.3, -0.25) is 4.79 Å². The fourth-order valence-electron chi connectivity index (χ4n) is 2.38. The van der Waals surface area contributed by atoms with Gasteiger partial charge in [0.05, 0.1) is 26.3 Å². The number of aromatic nitrogens is 1. The summed E-state index contributed by atoms with van der Waals surface area (Å²) in [6.45, 7) is 0.279. The molecule has 1 N–H and O–H groups in total. The SMILES string of the molecule is COC(=O)c1cnc(NC(=O)[C@@H]2COc3cc(OC)ccc3C2)s1. The van der Waals surface area contributed by atoms with E-state index in [1.54, 1.807) is 7.11 Å². The lowest BCUT2D eigenvalue weighted by Gasteiger charge is -2.24. The molecule has 2 heterocycles. The van der Waals surface area contributed by atoms with E-state index in [9.17, 15) is 9.59 Å². The lowest BCUT2D eigenvalue weighted by atomic mass is 9.96. The van der Waals surface area contributed by atoms with Crippen LogP contribution in [-0.2, 0) is 16.0 Å². The van der Waals surface area contributed by atoms with Crippen molar-refractivity contribution in [1.82, 2.24) is 4.98 Å². The van der Waals surface area contributed by atoms with Crippen molar-refractivity contribution in [3.63, 3.8) is 0 Å². The van der Waals surface area contributed by atoms with Crippen LogP contribution in [0.1, 0.15) is 15.2 Å². The van der Waals surface area contributed by atoms with Crippen LogP contribution in [0.5, 0.6) is 11.5 Å². The average Bonchev–Trinajstić information content (AvgIpc) is 3.08. The van der Waals surface area contributed by atoms with Gasteiger partial charge in [0, 0.05) is 6.07 Å². The van der Waals surface area contributed by atoms with E-state index in [0.29, 0.717) is 16.4 Å². The summed E-state index contributed by atoms with van der Waals surface area (Å²) in [6, 6.07) is 5.55. The maximum atomic E-state index is 12.4. The Morgan fingerprint density at radius 3 is 2.96 bits per heavy atom. The number of carbonyl (C=O) groups is 2. The maximum absolute atomic E-state index is 12.4. The summed E-state index contributed by atoms with van der Waals surface area (Å²) in [4.78, 5) is 28.1. The second-order valence-electron chi connectivity index (χ2n) is 5.20. The number of hydrogen-bond donors (Lipinski definition) is 1. The highest BCUT2D eigenvalue weighted by Gasteiger charge is 2.27. The number of hydrogen-bond acceptors (Lipinski definition) is 7. The zero-order chi connectivity index (χ0) is 17.1. The number of nitrogens with zero attached hydrogens (tertiary/aromatic N) is 1. The number of methoxy groups -OCH3 is 2. The summed E-state index contributed by atoms with van der Waals surface area (Å²) in [6.07, 6.45) is 1.95. The molecule has 0 saturated carbocycles. The molecule has 126 valence electrons. The van der Waals surface area contributed by atoms with Crippen molar-refractivity contribution in [1.29, 1.82) is 0 Å². The monoisotopic (exact) mass is 348 g/mol. The van der Waals surface area contributed by atoms with Crippen LogP contribution in [0.4, 0.5) is 5.13 Å². The number of anilines is 1. The van der Waals surface area contributed by atoms with Gasteiger partial charge in [0.1, 0.15) is 23.0 Å². The van der Waals surface area contributed by atoms with E-state index >= 15 is 0 Å². The van der Waals surface area contributed by atoms with Crippen molar-refractivity contribution >= 4 is 28.3 Å². The largest absolute Gasteiger partial charge is 0.497 e. The molecule has 0 saturated heterocycles. The van der Waals surface area contributed by atoms with Crippen LogP contribution in [0.3, 0.4) is 0 Å². The van der Waals surface area contributed by atoms with Crippen LogP contribution in [0.2, 0.25) is 0 Å². The highest BCUT2D eigenvalue weighted by atomic mass is 32.1. The smallest absolute Gasteiger partial charge is 0.349 e. The van der Waals surface area contributed by atoms with Crippen molar-refractivity contribution < 1.29 is 23.8 Å². The van der Waals surface area contributed by atoms with E-state index in [-0.39, 0.29) is 18.4 Å². The Hall–Kier alpha value is -2.61. The van der Waals surface area contributed by atoms with Crippen LogP contribution < -0.4 is 14.8 Å². The number of rotatable bonds is 4. The third-order valence-corrected chi connectivity index (χ3v) is 4.57. The number of amides is 1. The second kappa shape index (κ2) is 6.88. The molecule has 1 aromatic carbocycles. The van der Waals surface area contributed by atoms with Crippen molar-refractivity contribution in [3.8, 4) is 11.5 Å². The van der Waals surface area contributed by atoms with Crippen LogP contribution in [0.25, 0.3) is 0 Å². The predicted molar refractivity (Wildman–Crippen MR) is 87.8 cm³/mol. The van der Waals surface area contributed by atoms with E-state index in [1.807, 2.05) is 18.2 Å². The third kappa shape index (κ3) is 3.33. The maximum Gasteiger partial charge on any atom is 0.349 e. The van der Waals surface area contributed by atoms with Crippen LogP contribution in [0, 0.1) is 5.92 Å². The second-order valence-corrected chi connectivity index (χ2v) is 6.23. The molecule has 0 radical (unpaired) electrons. The highest BCUT2D eigenvalue weighted by molar-refractivity contribution is 7.17. The fraction of sp³-hybridized carbons (Fsp3) is 0.312. The zero-order valence-electron chi connectivity index (χ0n) is 13.2. The number of fused-ring (bicyclic) bond motifs is 1. The van der Waals surface area contributed by atoms with Crippen molar-refractivity contribution in [2.45, 2.75) is 6.42 Å². The van der Waals surface area contributed by atoms with Gasteiger partial charge in [-0.1, -0.05) is 17.4 Å². The molecular formula is C16H16N2O5S. The Morgan fingerprint density at radius 1 is 1.38 bits per heavy atom. The van der Waals surface area contributed by atoms with E-state index in [1.165, 1.54) is 13.3 Å². The Morgan fingerprint density at radius 2 is 2.21 bits per heavy atom. The minimum atomic E-state index is -0.475. The topological polar surface area (TPSA) is 86.8 Å². The average molecular weight is 348 g/mol. The quantitative estimate of drug-likeness (QED) is 0.852. The molecule has 1 aliphatic rings. The summed E-state index contributed by atoms with van der Waals surface area (Å²) in [5.74, 6) is 0.464. The van der Waals surface area contributed by atoms with E-state index < -0.39 is 5.97 Å². The minimum absolute atomic E-state index is 0.192. The Bertz CT molecular complexity index is 774. The van der Waals surface area contributed by atoms with Gasteiger partial charge in [-0.05, 0) is 18.1 Å². The Balaban J connectivity index is 1.66. The van der Waals surface area contributed by atoms with E-state index in [0.717, 1.165) is 28.4 Å². The molecule has 1 aliphatic heterocycles. The number of carbonyl (C=O) groups excluding carboxylic acids is 2. The van der Waals surface area contributed by atoms with Gasteiger partial charge in [-0.2, -0.15) is 0 Å². The van der Waals surface area contributed by atoms with Crippen LogP contribution in [0.15, 0.2) is 24.4 Å². The van der Waals surface area contributed by atoms with Gasteiger partial charge in [-0.25, -0.2) is 9.78 Å². The number of nitrogens with one attached hydrogen (secondary N) is 1. The standard InChI is InChI=1S/C16H16N2O5S/c1-21-11-4-3-9-5-10(8-23-12(9)6-11)14(19)18-16-17-7-13(24-16)15(20)22-2/h3-4,6-7,10H,5,8H2,1-2H3,(H,17,18,19)/t10-/m0/s1. The number of esters is 1. The highest BCUT2D eigenvalue weighted by Crippen LogP contribution is 2.31. The Kier molecular flexibility index (Phi) is 4.66. The molecule has 1 amide bonds. The molecule has 0 unspecified atom stereocenters. The summed E-state index contributed by atoms with van der Waals surface area (Å²) < 4.78 is 15.4. The summed E-state index contributed by atoms with van der Waals surface area (Å²) in [7, 11) is 2.89. The molecule has 1 atom stereocenters. The molecule has 0 fully saturated rings. The molecule has 3 rings (SSSR count). The first-order valence-electron chi connectivity index (χ1n) is 7.25. The van der Waals surface area contributed by atoms with Gasteiger partial charge < -0.3 is 19.5 Å². The lowest BCUT2D eigenvalue weighted by Crippen LogP contribution is -2.32. The number of ether oxygens (including phenoxy) is 3. The molecule has 7 nitrogen and oxygen atoms in total. The van der Waals surface area contributed by atoms with Gasteiger partial charge in [-0.15, -0.1) is 0 Å². The molecule has 8 heteroatoms. The number of thiazole rings is 1. The molecule has 0 spiro atoms. The lowest BCUT2D eigenvalue weighted by molar-refractivity contribution is -0.121. The first-order chi connectivity index (χ1) is 11.6. The summed E-state index contributed by atoms with van der Waals surface area (Å²) in [5.41, 5.74) is 0.955. The first-order valence-corrected chi connectivity index (χ1v) is 8.07. The molecule has 1 aromatic heterocycles. The van der Waals surface area contributed by atoms with Gasteiger partial charge in [0.25, 0.3) is 0 Å². The summed E-state index contributed by atoms with van der Waals surface area (Å²) >= 11 is 1.07. The van der Waals surface area contributed by atoms with Crippen molar-refractivity contribution in [2.24, 2.45) is 5.92 Å². The zero-order valence-corrected chi connectivity index (χ0v) is 14.0. The van der Waals surface area contributed by atoms with Crippen LogP contribution in [-0.4, -0.2) is 37.7 Å². The van der Waals surface area contributed by atoms with Gasteiger partial charge in [0.15, 0.2) is 5.13 Å². The van der Waals surface area contributed by atoms with Crippen molar-refractivity contribution in [3.05, 3.63) is 34.8 Å². The van der Waals surface area contributed by atoms with Crippen molar-refractivity contribution in [2.75, 3.05) is 26.1 Å². The summed E-state index contributed by atoms with van der Waals surface area (Å²) in [5, 5.41) is 3.08. The van der Waals surface area contributed by atoms with Gasteiger partial charge >= 0.3 is 5.97 Å². The molecule has 24 heavy (non-hydrogen) atoms. The molecule has 0 bridgehead atoms. The predicted octanol–water partition coefficient (Wildman–Crippen LogP) is 2.13. The Labute approximate surface area is 142 Å². The van der Waals surface area contributed by atoms with Gasteiger partial charge in [0.2, 0.25) is 5.91 Å². The molecular weight excluding hydrogens is 332 g/mol. The minimum Gasteiger partial charge on any atom is -0.497 e. The molecule has 0 aliphatic carbocycles. The first kappa shape index (κ1) is 16.3. The van der Waals surface area contributed by atoms with Crippen LogP contribution >= 0.6 is 11.3 Å². The van der Waals surface area contributed by atoms with E-state index in [4.69, 9.17) is 9.47 Å². The molecule has 2 aromatic rings. The third-order valence-electron chi connectivity index (χ3n) is 3.67.